The van der Waals surface area contributed by atoms with E-state index in [9.17, 15) is 9.90 Å². The average Bonchev–Trinajstić information content (AvgIpc) is 2.31. The number of rotatable bonds is 3. The molecule has 2 rings (SSSR count). The molecule has 0 aromatic carbocycles. The largest absolute Gasteiger partial charge is 0.394 e. The Morgan fingerprint density at radius 3 is 2.70 bits per heavy atom. The zero-order valence-electron chi connectivity index (χ0n) is 13.3. The highest BCUT2D eigenvalue weighted by Gasteiger charge is 2.38. The Balaban J connectivity index is 1.99. The molecule has 0 bridgehead atoms. The zero-order chi connectivity index (χ0) is 14.9. The van der Waals surface area contributed by atoms with Crippen LogP contribution < -0.4 is 0 Å². The summed E-state index contributed by atoms with van der Waals surface area (Å²) in [5.41, 5.74) is -0.250. The topological polar surface area (TPSA) is 49.8 Å². The highest BCUT2D eigenvalue weighted by atomic mass is 16.5. The molecule has 116 valence electrons. The lowest BCUT2D eigenvalue weighted by atomic mass is 9.74. The van der Waals surface area contributed by atoms with E-state index >= 15 is 0 Å². The number of aliphatic hydroxyl groups is 1. The van der Waals surface area contributed by atoms with E-state index in [1.165, 1.54) is 0 Å². The molecule has 1 heterocycles. The molecule has 2 fully saturated rings. The van der Waals surface area contributed by atoms with Crippen molar-refractivity contribution < 1.29 is 14.6 Å². The molecule has 4 atom stereocenters. The van der Waals surface area contributed by atoms with E-state index in [-0.39, 0.29) is 24.2 Å². The van der Waals surface area contributed by atoms with Crippen LogP contribution >= 0.6 is 0 Å². The van der Waals surface area contributed by atoms with Crippen LogP contribution in [-0.4, -0.2) is 53.7 Å². The van der Waals surface area contributed by atoms with Gasteiger partial charge in [-0.25, -0.2) is 0 Å². The van der Waals surface area contributed by atoms with E-state index in [1.807, 2.05) is 0 Å². The fraction of sp³-hybridized carbons (Fsp3) is 0.938. The number of aliphatic hydroxyl groups excluding tert-OH is 1. The van der Waals surface area contributed by atoms with Crippen molar-refractivity contribution in [1.82, 2.24) is 4.90 Å². The smallest absolute Gasteiger partial charge is 0.137 e. The van der Waals surface area contributed by atoms with Gasteiger partial charge in [0.15, 0.2) is 0 Å². The summed E-state index contributed by atoms with van der Waals surface area (Å²) in [5, 5.41) is 9.37. The SMILES string of the molecule is CC1CC(=O)C(CN2CC(CO)OC(C)(C)C2)C(C)C1. The van der Waals surface area contributed by atoms with Crippen molar-refractivity contribution in [2.75, 3.05) is 26.2 Å². The first-order valence-corrected chi connectivity index (χ1v) is 7.84. The van der Waals surface area contributed by atoms with Gasteiger partial charge in [-0.3, -0.25) is 9.69 Å². The lowest BCUT2D eigenvalue weighted by Gasteiger charge is -2.44. The summed E-state index contributed by atoms with van der Waals surface area (Å²) in [6.45, 7) is 10.9. The Bertz CT molecular complexity index is 356. The van der Waals surface area contributed by atoms with Crippen molar-refractivity contribution in [3.63, 3.8) is 0 Å². The van der Waals surface area contributed by atoms with Crippen LogP contribution in [0.4, 0.5) is 0 Å². The van der Waals surface area contributed by atoms with Crippen molar-refractivity contribution in [3.8, 4) is 0 Å². The molecule has 4 unspecified atom stereocenters. The average molecular weight is 283 g/mol. The molecule has 0 amide bonds. The van der Waals surface area contributed by atoms with Gasteiger partial charge in [-0.2, -0.15) is 0 Å². The number of carbonyl (C=O) groups is 1. The van der Waals surface area contributed by atoms with Crippen molar-refractivity contribution in [3.05, 3.63) is 0 Å². The maximum absolute atomic E-state index is 12.3. The number of morpholine rings is 1. The van der Waals surface area contributed by atoms with E-state index < -0.39 is 0 Å². The second-order valence-corrected chi connectivity index (χ2v) is 7.47. The molecule has 1 saturated carbocycles. The van der Waals surface area contributed by atoms with Gasteiger partial charge in [0.05, 0.1) is 18.3 Å². The summed E-state index contributed by atoms with van der Waals surface area (Å²) < 4.78 is 5.84. The minimum absolute atomic E-state index is 0.0468. The minimum Gasteiger partial charge on any atom is -0.394 e. The molecule has 1 N–H and O–H groups in total. The van der Waals surface area contributed by atoms with Gasteiger partial charge in [-0.1, -0.05) is 13.8 Å². The van der Waals surface area contributed by atoms with Crippen LogP contribution in [0.3, 0.4) is 0 Å². The first kappa shape index (κ1) is 15.9. The van der Waals surface area contributed by atoms with Gasteiger partial charge in [0.2, 0.25) is 0 Å². The van der Waals surface area contributed by atoms with Crippen LogP contribution in [0.5, 0.6) is 0 Å². The zero-order valence-corrected chi connectivity index (χ0v) is 13.3. The van der Waals surface area contributed by atoms with Gasteiger partial charge in [0.25, 0.3) is 0 Å². The van der Waals surface area contributed by atoms with Crippen molar-refractivity contribution in [2.24, 2.45) is 17.8 Å². The molecule has 20 heavy (non-hydrogen) atoms. The van der Waals surface area contributed by atoms with E-state index in [1.54, 1.807) is 0 Å². The number of ether oxygens (including phenoxy) is 1. The van der Waals surface area contributed by atoms with Crippen LogP contribution in [0.25, 0.3) is 0 Å². The quantitative estimate of drug-likeness (QED) is 0.856. The molecular weight excluding hydrogens is 254 g/mol. The Kier molecular flexibility index (Phi) is 4.88. The summed E-state index contributed by atoms with van der Waals surface area (Å²) in [4.78, 5) is 14.6. The van der Waals surface area contributed by atoms with E-state index in [2.05, 4.69) is 32.6 Å². The maximum atomic E-state index is 12.3. The fourth-order valence-corrected chi connectivity index (χ4v) is 3.91. The number of ketones is 1. The minimum atomic E-state index is -0.250. The number of hydrogen-bond acceptors (Lipinski definition) is 4. The van der Waals surface area contributed by atoms with Crippen LogP contribution in [0, 0.1) is 17.8 Å². The first-order chi connectivity index (χ1) is 9.30. The number of Topliss-reactive ketones (excluding diaryl/α,β-unsaturated/α-hetero) is 1. The van der Waals surface area contributed by atoms with Gasteiger partial charge in [0, 0.05) is 32.0 Å². The Labute approximate surface area is 122 Å². The van der Waals surface area contributed by atoms with Crippen LogP contribution in [-0.2, 0) is 9.53 Å². The molecular formula is C16H29NO3. The third-order valence-electron chi connectivity index (χ3n) is 4.63. The highest BCUT2D eigenvalue weighted by Crippen LogP contribution is 2.32. The van der Waals surface area contributed by atoms with Crippen LogP contribution in [0.2, 0.25) is 0 Å². The molecule has 1 aliphatic carbocycles. The lowest BCUT2D eigenvalue weighted by molar-refractivity contribution is -0.155. The number of nitrogens with zero attached hydrogens (tertiary/aromatic N) is 1. The second-order valence-electron chi connectivity index (χ2n) is 7.47. The molecule has 1 aliphatic heterocycles. The molecule has 2 aliphatic rings. The van der Waals surface area contributed by atoms with Crippen molar-refractivity contribution >= 4 is 5.78 Å². The summed E-state index contributed by atoms with van der Waals surface area (Å²) in [6, 6.07) is 0. The normalized spacial score (nSPS) is 39.0. The Morgan fingerprint density at radius 1 is 1.40 bits per heavy atom. The molecule has 0 radical (unpaired) electrons. The summed E-state index contributed by atoms with van der Waals surface area (Å²) in [6.07, 6.45) is 1.74. The fourth-order valence-electron chi connectivity index (χ4n) is 3.91. The second kappa shape index (κ2) is 6.12. The lowest BCUT2D eigenvalue weighted by Crippen LogP contribution is -2.55. The van der Waals surface area contributed by atoms with E-state index in [4.69, 9.17) is 4.74 Å². The summed E-state index contributed by atoms with van der Waals surface area (Å²) >= 11 is 0. The summed E-state index contributed by atoms with van der Waals surface area (Å²) in [5.74, 6) is 1.56. The Hall–Kier alpha value is -0.450. The summed E-state index contributed by atoms with van der Waals surface area (Å²) in [7, 11) is 0. The molecule has 0 aromatic heterocycles. The van der Waals surface area contributed by atoms with Crippen LogP contribution in [0.15, 0.2) is 0 Å². The predicted octanol–water partition coefficient (Wildman–Crippen LogP) is 1.71. The van der Waals surface area contributed by atoms with Gasteiger partial charge in [-0.05, 0) is 32.1 Å². The monoisotopic (exact) mass is 283 g/mol. The molecule has 0 spiro atoms. The van der Waals surface area contributed by atoms with Crippen LogP contribution in [0.1, 0.15) is 40.5 Å². The van der Waals surface area contributed by atoms with Gasteiger partial charge < -0.3 is 9.84 Å². The molecule has 1 saturated heterocycles. The number of hydrogen-bond donors (Lipinski definition) is 1. The highest BCUT2D eigenvalue weighted by molar-refractivity contribution is 5.82. The first-order valence-electron chi connectivity index (χ1n) is 7.84. The Morgan fingerprint density at radius 2 is 2.10 bits per heavy atom. The standard InChI is InChI=1S/C16H29NO3/c1-11-5-12(2)14(15(19)6-11)8-17-7-13(9-18)20-16(3,4)10-17/h11-14,18H,5-10H2,1-4H3. The number of carbonyl (C=O) groups excluding carboxylic acids is 1. The maximum Gasteiger partial charge on any atom is 0.137 e. The van der Waals surface area contributed by atoms with Gasteiger partial charge in [-0.15, -0.1) is 0 Å². The predicted molar refractivity (Wildman–Crippen MR) is 78.5 cm³/mol. The van der Waals surface area contributed by atoms with Crippen molar-refractivity contribution in [1.29, 1.82) is 0 Å². The third-order valence-corrected chi connectivity index (χ3v) is 4.63. The molecule has 0 aromatic rings. The van der Waals surface area contributed by atoms with E-state index in [0.717, 1.165) is 32.5 Å². The van der Waals surface area contributed by atoms with E-state index in [0.29, 0.717) is 17.6 Å². The molecule has 4 nitrogen and oxygen atoms in total. The third kappa shape index (κ3) is 3.80. The van der Waals surface area contributed by atoms with Gasteiger partial charge >= 0.3 is 0 Å². The molecule has 4 heteroatoms. The van der Waals surface area contributed by atoms with Gasteiger partial charge in [0.1, 0.15) is 5.78 Å². The van der Waals surface area contributed by atoms with Crippen molar-refractivity contribution in [2.45, 2.75) is 52.2 Å².